The van der Waals surface area contributed by atoms with Crippen LogP contribution >= 0.6 is 11.8 Å². The van der Waals surface area contributed by atoms with Gasteiger partial charge in [0.15, 0.2) is 0 Å². The maximum Gasteiger partial charge on any atom is 0.419 e. The minimum absolute atomic E-state index is 0.273. The van der Waals surface area contributed by atoms with E-state index in [-0.39, 0.29) is 6.54 Å². The lowest BCUT2D eigenvalue weighted by Gasteiger charge is -2.11. The summed E-state index contributed by atoms with van der Waals surface area (Å²) in [4.78, 5) is 11.5. The van der Waals surface area contributed by atoms with Gasteiger partial charge in [0.1, 0.15) is 5.82 Å². The highest BCUT2D eigenvalue weighted by atomic mass is 32.2. The van der Waals surface area contributed by atoms with E-state index in [1.807, 2.05) is 6.26 Å². The van der Waals surface area contributed by atoms with Gasteiger partial charge in [-0.15, -0.1) is 0 Å². The number of alkyl halides is 3. The molecule has 0 fully saturated rings. The number of halogens is 4. The molecular formula is C11H11F4NOS. The molecule has 0 saturated carbocycles. The minimum Gasteiger partial charge on any atom is -0.351 e. The lowest BCUT2D eigenvalue weighted by molar-refractivity contribution is -0.140. The summed E-state index contributed by atoms with van der Waals surface area (Å²) >= 11 is 1.46. The molecule has 0 bridgehead atoms. The normalized spacial score (nSPS) is 11.4. The van der Waals surface area contributed by atoms with E-state index in [1.165, 1.54) is 11.8 Å². The smallest absolute Gasteiger partial charge is 0.351 e. The molecule has 1 rings (SSSR count). The Labute approximate surface area is 106 Å². The fourth-order valence-corrected chi connectivity index (χ4v) is 1.59. The van der Waals surface area contributed by atoms with Crippen LogP contribution in [0.15, 0.2) is 18.2 Å². The van der Waals surface area contributed by atoms with Gasteiger partial charge >= 0.3 is 6.18 Å². The second kappa shape index (κ2) is 6.08. The Bertz CT molecular complexity index is 434. The van der Waals surface area contributed by atoms with Gasteiger partial charge < -0.3 is 5.32 Å². The molecule has 2 nitrogen and oxygen atoms in total. The zero-order valence-corrected chi connectivity index (χ0v) is 10.3. The van der Waals surface area contributed by atoms with Gasteiger partial charge in [-0.1, -0.05) is 6.07 Å². The molecule has 0 spiro atoms. The molecule has 0 saturated heterocycles. The van der Waals surface area contributed by atoms with E-state index in [0.29, 0.717) is 11.8 Å². The molecule has 0 unspecified atom stereocenters. The van der Waals surface area contributed by atoms with Crippen LogP contribution < -0.4 is 5.32 Å². The Kier molecular flexibility index (Phi) is 5.01. The largest absolute Gasteiger partial charge is 0.419 e. The van der Waals surface area contributed by atoms with Crippen LogP contribution in [0.4, 0.5) is 17.6 Å². The molecular weight excluding hydrogens is 270 g/mol. The van der Waals surface area contributed by atoms with E-state index in [9.17, 15) is 22.4 Å². The van der Waals surface area contributed by atoms with E-state index in [1.54, 1.807) is 0 Å². The van der Waals surface area contributed by atoms with E-state index >= 15 is 0 Å². The van der Waals surface area contributed by atoms with Gasteiger partial charge in [-0.3, -0.25) is 4.79 Å². The van der Waals surface area contributed by atoms with Gasteiger partial charge in [-0.2, -0.15) is 24.9 Å². The molecule has 18 heavy (non-hydrogen) atoms. The Morgan fingerprint density at radius 1 is 1.39 bits per heavy atom. The summed E-state index contributed by atoms with van der Waals surface area (Å²) in [5.74, 6) is -1.77. The summed E-state index contributed by atoms with van der Waals surface area (Å²) < 4.78 is 50.8. The molecule has 0 aliphatic heterocycles. The number of amides is 1. The third kappa shape index (κ3) is 3.63. The molecule has 0 heterocycles. The van der Waals surface area contributed by atoms with Crippen LogP contribution in [0.25, 0.3) is 0 Å². The molecule has 100 valence electrons. The van der Waals surface area contributed by atoms with E-state index in [2.05, 4.69) is 5.32 Å². The van der Waals surface area contributed by atoms with Crippen molar-refractivity contribution in [3.8, 4) is 0 Å². The second-order valence-electron chi connectivity index (χ2n) is 3.41. The number of nitrogens with one attached hydrogen (secondary N) is 1. The van der Waals surface area contributed by atoms with Crippen LogP contribution in [0, 0.1) is 5.82 Å². The molecule has 1 aromatic carbocycles. The van der Waals surface area contributed by atoms with Crippen molar-refractivity contribution in [2.45, 2.75) is 6.18 Å². The molecule has 1 N–H and O–H groups in total. The van der Waals surface area contributed by atoms with Crippen molar-refractivity contribution in [1.29, 1.82) is 0 Å². The molecule has 1 aromatic rings. The number of hydrogen-bond acceptors (Lipinski definition) is 2. The van der Waals surface area contributed by atoms with Gasteiger partial charge in [0.2, 0.25) is 0 Å². The van der Waals surface area contributed by atoms with E-state index in [4.69, 9.17) is 0 Å². The highest BCUT2D eigenvalue weighted by Crippen LogP contribution is 2.32. The first-order valence-electron chi connectivity index (χ1n) is 5.00. The second-order valence-corrected chi connectivity index (χ2v) is 4.40. The van der Waals surface area contributed by atoms with E-state index < -0.39 is 29.0 Å². The lowest BCUT2D eigenvalue weighted by Crippen LogP contribution is -2.27. The molecule has 0 aliphatic rings. The van der Waals surface area contributed by atoms with Crippen LogP contribution in [0.3, 0.4) is 0 Å². The first-order chi connectivity index (χ1) is 8.38. The summed E-state index contributed by atoms with van der Waals surface area (Å²) in [6, 6.07) is 2.64. The zero-order valence-electron chi connectivity index (χ0n) is 9.47. The van der Waals surface area contributed by atoms with Gasteiger partial charge in [0.05, 0.1) is 11.1 Å². The SMILES string of the molecule is CSCCNC(=O)c1cccc(C(F)(F)F)c1F. The number of carbonyl (C=O) groups excluding carboxylic acids is 1. The maximum absolute atomic E-state index is 13.5. The quantitative estimate of drug-likeness (QED) is 0.679. The number of rotatable bonds is 4. The first kappa shape index (κ1) is 14.8. The first-order valence-corrected chi connectivity index (χ1v) is 6.40. The maximum atomic E-state index is 13.5. The van der Waals surface area contributed by atoms with Crippen LogP contribution in [-0.2, 0) is 6.18 Å². The highest BCUT2D eigenvalue weighted by Gasteiger charge is 2.35. The fraction of sp³-hybridized carbons (Fsp3) is 0.364. The number of thioether (sulfide) groups is 1. The Morgan fingerprint density at radius 3 is 2.61 bits per heavy atom. The van der Waals surface area contributed by atoms with Crippen LogP contribution in [0.2, 0.25) is 0 Å². The summed E-state index contributed by atoms with van der Waals surface area (Å²) in [5, 5.41) is 2.35. The highest BCUT2D eigenvalue weighted by molar-refractivity contribution is 7.98. The standard InChI is InChI=1S/C11H11F4NOS/c1-18-6-5-16-10(17)7-3-2-4-8(9(7)12)11(13,14)15/h2-4H,5-6H2,1H3,(H,16,17). The third-order valence-corrected chi connectivity index (χ3v) is 2.75. The third-order valence-electron chi connectivity index (χ3n) is 2.14. The monoisotopic (exact) mass is 281 g/mol. The van der Waals surface area contributed by atoms with Crippen molar-refractivity contribution >= 4 is 17.7 Å². The molecule has 1 amide bonds. The van der Waals surface area contributed by atoms with Gasteiger partial charge in [0.25, 0.3) is 5.91 Å². The average Bonchev–Trinajstić information content (AvgIpc) is 2.28. The van der Waals surface area contributed by atoms with Crippen molar-refractivity contribution in [2.24, 2.45) is 0 Å². The summed E-state index contributed by atoms with van der Waals surface area (Å²) in [6.45, 7) is 0.273. The molecule has 0 aromatic heterocycles. The zero-order chi connectivity index (χ0) is 13.8. The summed E-state index contributed by atoms with van der Waals surface area (Å²) in [6.07, 6.45) is -2.99. The van der Waals surface area contributed by atoms with Crippen molar-refractivity contribution in [3.05, 3.63) is 35.1 Å². The van der Waals surface area contributed by atoms with E-state index in [0.717, 1.165) is 12.1 Å². The van der Waals surface area contributed by atoms with Crippen LogP contribution in [-0.4, -0.2) is 24.5 Å². The summed E-state index contributed by atoms with van der Waals surface area (Å²) in [5.41, 5.74) is -2.02. The van der Waals surface area contributed by atoms with Crippen molar-refractivity contribution < 1.29 is 22.4 Å². The molecule has 0 atom stereocenters. The van der Waals surface area contributed by atoms with Crippen LogP contribution in [0.1, 0.15) is 15.9 Å². The Balaban J connectivity index is 2.93. The predicted octanol–water partition coefficient (Wildman–Crippen LogP) is 2.94. The predicted molar refractivity (Wildman–Crippen MR) is 62.1 cm³/mol. The van der Waals surface area contributed by atoms with Gasteiger partial charge in [0, 0.05) is 12.3 Å². The molecule has 0 aliphatic carbocycles. The van der Waals surface area contributed by atoms with Gasteiger partial charge in [-0.25, -0.2) is 4.39 Å². The van der Waals surface area contributed by atoms with Crippen molar-refractivity contribution in [3.63, 3.8) is 0 Å². The van der Waals surface area contributed by atoms with Gasteiger partial charge in [-0.05, 0) is 18.4 Å². The minimum atomic E-state index is -4.81. The Hall–Kier alpha value is -1.24. The Morgan fingerprint density at radius 2 is 2.06 bits per heavy atom. The number of hydrogen-bond donors (Lipinski definition) is 1. The molecule has 7 heteroatoms. The molecule has 0 radical (unpaired) electrons. The topological polar surface area (TPSA) is 29.1 Å². The summed E-state index contributed by atoms with van der Waals surface area (Å²) in [7, 11) is 0. The van der Waals surface area contributed by atoms with Crippen LogP contribution in [0.5, 0.6) is 0 Å². The number of benzene rings is 1. The lowest BCUT2D eigenvalue weighted by atomic mass is 10.1. The van der Waals surface area contributed by atoms with Crippen molar-refractivity contribution in [1.82, 2.24) is 5.32 Å². The van der Waals surface area contributed by atoms with Crippen molar-refractivity contribution in [2.75, 3.05) is 18.6 Å². The average molecular weight is 281 g/mol. The fourth-order valence-electron chi connectivity index (χ4n) is 1.29. The number of carbonyl (C=O) groups is 1.